The van der Waals surface area contributed by atoms with E-state index in [9.17, 15) is 4.79 Å². The van der Waals surface area contributed by atoms with Gasteiger partial charge in [-0.1, -0.05) is 57.9 Å². The molecule has 140 valence electrons. The second kappa shape index (κ2) is 9.41. The number of para-hydroxylation sites is 1. The number of nitriles is 1. The molecule has 0 unspecified atom stereocenters. The SMILES string of the molecule is N#CCc1ccc(OCc2ccccc2NC(=O)c2ccc(Br)cc2Cl)cc1. The number of nitrogens with zero attached hydrogens (tertiary/aromatic N) is 1. The molecule has 3 aromatic carbocycles. The van der Waals surface area contributed by atoms with Crippen LogP contribution >= 0.6 is 27.5 Å². The van der Waals surface area contributed by atoms with Crippen molar-refractivity contribution in [2.45, 2.75) is 13.0 Å². The highest BCUT2D eigenvalue weighted by Gasteiger charge is 2.13. The molecule has 0 radical (unpaired) electrons. The van der Waals surface area contributed by atoms with E-state index >= 15 is 0 Å². The summed E-state index contributed by atoms with van der Waals surface area (Å²) in [7, 11) is 0. The Kier molecular flexibility index (Phi) is 6.70. The van der Waals surface area contributed by atoms with E-state index in [-0.39, 0.29) is 5.91 Å². The van der Waals surface area contributed by atoms with E-state index in [1.165, 1.54) is 0 Å². The molecule has 0 aliphatic carbocycles. The second-order valence-corrected chi connectivity index (χ2v) is 7.33. The maximum atomic E-state index is 12.6. The highest BCUT2D eigenvalue weighted by Crippen LogP contribution is 2.24. The van der Waals surface area contributed by atoms with Crippen molar-refractivity contribution in [1.82, 2.24) is 0 Å². The Morgan fingerprint density at radius 3 is 2.57 bits per heavy atom. The summed E-state index contributed by atoms with van der Waals surface area (Å²) in [6, 6.07) is 22.1. The third-order valence-electron chi connectivity index (χ3n) is 4.04. The van der Waals surface area contributed by atoms with Crippen molar-refractivity contribution in [2.75, 3.05) is 5.32 Å². The Bertz CT molecular complexity index is 1030. The number of carbonyl (C=O) groups excluding carboxylic acids is 1. The van der Waals surface area contributed by atoms with E-state index in [1.54, 1.807) is 18.2 Å². The van der Waals surface area contributed by atoms with Gasteiger partial charge in [0.05, 0.1) is 23.1 Å². The van der Waals surface area contributed by atoms with Gasteiger partial charge in [0.2, 0.25) is 0 Å². The van der Waals surface area contributed by atoms with Crippen LogP contribution < -0.4 is 10.1 Å². The minimum atomic E-state index is -0.286. The first-order valence-electron chi connectivity index (χ1n) is 8.50. The molecule has 0 aliphatic rings. The Morgan fingerprint density at radius 1 is 1.11 bits per heavy atom. The lowest BCUT2D eigenvalue weighted by Gasteiger charge is -2.13. The van der Waals surface area contributed by atoms with Gasteiger partial charge in [-0.2, -0.15) is 5.26 Å². The number of benzene rings is 3. The summed E-state index contributed by atoms with van der Waals surface area (Å²) >= 11 is 9.50. The molecule has 6 heteroatoms. The van der Waals surface area contributed by atoms with Gasteiger partial charge in [-0.05, 0) is 42.0 Å². The van der Waals surface area contributed by atoms with Gasteiger partial charge in [-0.15, -0.1) is 0 Å². The molecule has 0 saturated heterocycles. The van der Waals surface area contributed by atoms with Crippen LogP contribution in [0.1, 0.15) is 21.5 Å². The molecule has 0 fully saturated rings. The van der Waals surface area contributed by atoms with Crippen molar-refractivity contribution in [1.29, 1.82) is 5.26 Å². The van der Waals surface area contributed by atoms with Crippen molar-refractivity contribution in [2.24, 2.45) is 0 Å². The normalized spacial score (nSPS) is 10.2. The van der Waals surface area contributed by atoms with E-state index < -0.39 is 0 Å². The molecule has 0 aliphatic heterocycles. The predicted molar refractivity (Wildman–Crippen MR) is 114 cm³/mol. The van der Waals surface area contributed by atoms with Crippen LogP contribution in [0.5, 0.6) is 5.75 Å². The van der Waals surface area contributed by atoms with Crippen molar-refractivity contribution in [3.05, 3.63) is 92.9 Å². The summed E-state index contributed by atoms with van der Waals surface area (Å²) in [6.45, 7) is 0.294. The molecule has 0 spiro atoms. The number of halogens is 2. The molecule has 0 aromatic heterocycles. The third-order valence-corrected chi connectivity index (χ3v) is 4.85. The fourth-order valence-corrected chi connectivity index (χ4v) is 3.35. The fourth-order valence-electron chi connectivity index (χ4n) is 2.59. The molecule has 3 rings (SSSR count). The monoisotopic (exact) mass is 454 g/mol. The van der Waals surface area contributed by atoms with Crippen molar-refractivity contribution in [3.63, 3.8) is 0 Å². The van der Waals surface area contributed by atoms with Crippen molar-refractivity contribution < 1.29 is 9.53 Å². The van der Waals surface area contributed by atoms with Crippen LogP contribution in [0.25, 0.3) is 0 Å². The topological polar surface area (TPSA) is 62.1 Å². The molecule has 0 heterocycles. The summed E-state index contributed by atoms with van der Waals surface area (Å²) < 4.78 is 6.64. The molecule has 0 atom stereocenters. The summed E-state index contributed by atoms with van der Waals surface area (Å²) in [5.74, 6) is 0.407. The Balaban J connectivity index is 1.70. The number of rotatable bonds is 6. The minimum Gasteiger partial charge on any atom is -0.489 e. The largest absolute Gasteiger partial charge is 0.489 e. The molecule has 28 heavy (non-hydrogen) atoms. The van der Waals surface area contributed by atoms with Crippen LogP contribution in [-0.4, -0.2) is 5.91 Å². The standard InChI is InChI=1S/C22H16BrClN2O2/c23-17-7-10-19(20(24)13-17)22(27)26-21-4-2-1-3-16(21)14-28-18-8-5-15(6-9-18)11-12-25/h1-10,13H,11,14H2,(H,26,27). The molecular formula is C22H16BrClN2O2. The maximum absolute atomic E-state index is 12.6. The number of carbonyl (C=O) groups is 1. The molecule has 3 aromatic rings. The van der Waals surface area contributed by atoms with Gasteiger partial charge in [0, 0.05) is 15.7 Å². The van der Waals surface area contributed by atoms with Crippen LogP contribution in [0.2, 0.25) is 5.02 Å². The first-order valence-corrected chi connectivity index (χ1v) is 9.67. The van der Waals surface area contributed by atoms with Crippen LogP contribution in [0.15, 0.2) is 71.2 Å². The average molecular weight is 456 g/mol. The zero-order valence-electron chi connectivity index (χ0n) is 14.8. The number of anilines is 1. The molecule has 1 N–H and O–H groups in total. The third kappa shape index (κ3) is 5.13. The van der Waals surface area contributed by atoms with Crippen LogP contribution in [0.3, 0.4) is 0 Å². The smallest absolute Gasteiger partial charge is 0.257 e. The van der Waals surface area contributed by atoms with Crippen LogP contribution in [0.4, 0.5) is 5.69 Å². The van der Waals surface area contributed by atoms with E-state index in [0.717, 1.165) is 15.6 Å². The molecule has 0 saturated carbocycles. The molecular weight excluding hydrogens is 440 g/mol. The molecule has 1 amide bonds. The predicted octanol–water partition coefficient (Wildman–Crippen LogP) is 6.00. The fraction of sp³-hybridized carbons (Fsp3) is 0.0909. The van der Waals surface area contributed by atoms with Crippen molar-refractivity contribution >= 4 is 39.1 Å². The number of ether oxygens (including phenoxy) is 1. The lowest BCUT2D eigenvalue weighted by atomic mass is 10.1. The van der Waals surface area contributed by atoms with E-state index in [1.807, 2.05) is 48.5 Å². The van der Waals surface area contributed by atoms with Gasteiger partial charge in [-0.25, -0.2) is 0 Å². The lowest BCUT2D eigenvalue weighted by Crippen LogP contribution is -2.14. The molecule has 0 bridgehead atoms. The summed E-state index contributed by atoms with van der Waals surface area (Å²) in [5, 5.41) is 12.0. The Labute approximate surface area is 176 Å². The first kappa shape index (κ1) is 19.9. The second-order valence-electron chi connectivity index (χ2n) is 6.00. The van der Waals surface area contributed by atoms with E-state index in [2.05, 4.69) is 27.3 Å². The number of hydrogen-bond acceptors (Lipinski definition) is 3. The van der Waals surface area contributed by atoms with Gasteiger partial charge in [-0.3, -0.25) is 4.79 Å². The number of hydrogen-bond donors (Lipinski definition) is 1. The van der Waals surface area contributed by atoms with Crippen molar-refractivity contribution in [3.8, 4) is 11.8 Å². The van der Waals surface area contributed by atoms with Gasteiger partial charge in [0.15, 0.2) is 0 Å². The summed E-state index contributed by atoms with van der Waals surface area (Å²) in [6.07, 6.45) is 0.369. The highest BCUT2D eigenvalue weighted by atomic mass is 79.9. The van der Waals surface area contributed by atoms with E-state index in [4.69, 9.17) is 21.6 Å². The van der Waals surface area contributed by atoms with Crippen LogP contribution in [0, 0.1) is 11.3 Å². The average Bonchev–Trinajstić information content (AvgIpc) is 2.68. The van der Waals surface area contributed by atoms with Gasteiger partial charge in [0.25, 0.3) is 5.91 Å². The number of nitrogens with one attached hydrogen (secondary N) is 1. The van der Waals surface area contributed by atoms with Crippen LogP contribution in [-0.2, 0) is 13.0 Å². The number of amides is 1. The quantitative estimate of drug-likeness (QED) is 0.496. The zero-order valence-corrected chi connectivity index (χ0v) is 17.1. The van der Waals surface area contributed by atoms with Gasteiger partial charge < -0.3 is 10.1 Å². The summed E-state index contributed by atoms with van der Waals surface area (Å²) in [5.41, 5.74) is 2.83. The highest BCUT2D eigenvalue weighted by molar-refractivity contribution is 9.10. The Hall–Kier alpha value is -2.81. The van der Waals surface area contributed by atoms with E-state index in [0.29, 0.717) is 35.1 Å². The molecule has 4 nitrogen and oxygen atoms in total. The Morgan fingerprint density at radius 2 is 1.86 bits per heavy atom. The van der Waals surface area contributed by atoms with Gasteiger partial charge >= 0.3 is 0 Å². The lowest BCUT2D eigenvalue weighted by molar-refractivity contribution is 0.102. The van der Waals surface area contributed by atoms with Gasteiger partial charge in [0.1, 0.15) is 12.4 Å². The first-order chi connectivity index (χ1) is 13.6. The summed E-state index contributed by atoms with van der Waals surface area (Å²) in [4.78, 5) is 12.6. The zero-order chi connectivity index (χ0) is 19.9. The minimum absolute atomic E-state index is 0.286. The maximum Gasteiger partial charge on any atom is 0.257 e.